The second-order valence-electron chi connectivity index (χ2n) is 9.59. The van der Waals surface area contributed by atoms with Crippen molar-refractivity contribution in [3.8, 4) is 5.75 Å². The van der Waals surface area contributed by atoms with Crippen molar-refractivity contribution in [3.05, 3.63) is 66.2 Å². The molecule has 2 aromatic carbocycles. The molecule has 1 saturated carbocycles. The summed E-state index contributed by atoms with van der Waals surface area (Å²) in [4.78, 5) is 15.2. The van der Waals surface area contributed by atoms with E-state index in [2.05, 4.69) is 45.1 Å². The fraction of sp³-hybridized carbons (Fsp3) is 0.464. The molecular weight excluding hydrogens is 398 g/mol. The lowest BCUT2D eigenvalue weighted by atomic mass is 9.75. The van der Waals surface area contributed by atoms with Crippen LogP contribution in [0.3, 0.4) is 0 Å². The molecule has 1 aliphatic heterocycles. The van der Waals surface area contributed by atoms with Crippen molar-refractivity contribution < 1.29 is 14.3 Å². The van der Waals surface area contributed by atoms with Crippen LogP contribution in [0.15, 0.2) is 60.7 Å². The predicted molar refractivity (Wildman–Crippen MR) is 130 cm³/mol. The number of carbonyl (C=O) groups excluding carboxylic acids is 1. The molecule has 4 rings (SSSR count). The maximum absolute atomic E-state index is 13.3. The minimum atomic E-state index is -0.436. The smallest absolute Gasteiger partial charge is 0.259 e. The van der Waals surface area contributed by atoms with Crippen LogP contribution < -0.4 is 9.64 Å². The van der Waals surface area contributed by atoms with Crippen molar-refractivity contribution in [2.75, 3.05) is 12.0 Å². The zero-order valence-corrected chi connectivity index (χ0v) is 19.6. The number of amides is 1. The zero-order valence-electron chi connectivity index (χ0n) is 19.6. The molecule has 4 heteroatoms. The van der Waals surface area contributed by atoms with Crippen LogP contribution in [-0.2, 0) is 9.53 Å². The van der Waals surface area contributed by atoms with Gasteiger partial charge in [0.1, 0.15) is 5.75 Å². The lowest BCUT2D eigenvalue weighted by Crippen LogP contribution is -2.66. The molecular formula is C28H35NO3. The lowest BCUT2D eigenvalue weighted by Gasteiger charge is -2.48. The molecule has 1 amide bonds. The summed E-state index contributed by atoms with van der Waals surface area (Å²) in [6, 6.07) is 17.8. The highest BCUT2D eigenvalue weighted by atomic mass is 16.5. The summed E-state index contributed by atoms with van der Waals surface area (Å²) in [7, 11) is 1.65. The van der Waals surface area contributed by atoms with Crippen molar-refractivity contribution in [3.63, 3.8) is 0 Å². The maximum Gasteiger partial charge on any atom is 0.259 e. The first-order valence-electron chi connectivity index (χ1n) is 11.8. The van der Waals surface area contributed by atoms with Gasteiger partial charge in [0.2, 0.25) is 0 Å². The lowest BCUT2D eigenvalue weighted by molar-refractivity contribution is -0.154. The van der Waals surface area contributed by atoms with Gasteiger partial charge in [-0.3, -0.25) is 9.69 Å². The molecule has 170 valence electrons. The van der Waals surface area contributed by atoms with E-state index < -0.39 is 6.10 Å². The normalized spacial score (nSPS) is 28.2. The Morgan fingerprint density at radius 1 is 1.03 bits per heavy atom. The molecule has 2 fully saturated rings. The van der Waals surface area contributed by atoms with Gasteiger partial charge in [0.15, 0.2) is 6.10 Å². The van der Waals surface area contributed by atoms with Crippen molar-refractivity contribution >= 4 is 17.7 Å². The van der Waals surface area contributed by atoms with Gasteiger partial charge >= 0.3 is 0 Å². The van der Waals surface area contributed by atoms with Gasteiger partial charge in [-0.2, -0.15) is 0 Å². The Morgan fingerprint density at radius 2 is 1.75 bits per heavy atom. The Kier molecular flexibility index (Phi) is 7.00. The highest BCUT2D eigenvalue weighted by Gasteiger charge is 2.50. The molecule has 0 aromatic heterocycles. The average Bonchev–Trinajstić information content (AvgIpc) is 2.80. The number of hydrogen-bond acceptors (Lipinski definition) is 3. The molecule has 32 heavy (non-hydrogen) atoms. The van der Waals surface area contributed by atoms with Crippen LogP contribution in [0.2, 0.25) is 0 Å². The topological polar surface area (TPSA) is 38.8 Å². The van der Waals surface area contributed by atoms with Crippen LogP contribution in [0.4, 0.5) is 5.69 Å². The number of carbonyl (C=O) groups is 1. The Hall–Kier alpha value is -2.59. The van der Waals surface area contributed by atoms with Crippen LogP contribution >= 0.6 is 0 Å². The van der Waals surface area contributed by atoms with Gasteiger partial charge in [-0.25, -0.2) is 0 Å². The Morgan fingerprint density at radius 3 is 2.41 bits per heavy atom. The molecule has 5 atom stereocenters. The fourth-order valence-corrected chi connectivity index (χ4v) is 5.08. The summed E-state index contributed by atoms with van der Waals surface area (Å²) in [6.07, 6.45) is 7.36. The van der Waals surface area contributed by atoms with E-state index in [1.807, 2.05) is 47.4 Å². The molecule has 1 aliphatic carbocycles. The van der Waals surface area contributed by atoms with Gasteiger partial charge in [-0.05, 0) is 60.4 Å². The minimum Gasteiger partial charge on any atom is -0.497 e. The third kappa shape index (κ3) is 4.75. The van der Waals surface area contributed by atoms with Gasteiger partial charge in [0.25, 0.3) is 5.91 Å². The van der Waals surface area contributed by atoms with Crippen LogP contribution in [0.1, 0.15) is 45.6 Å². The van der Waals surface area contributed by atoms with Crippen LogP contribution in [0.25, 0.3) is 6.08 Å². The molecule has 4 nitrogen and oxygen atoms in total. The third-order valence-electron chi connectivity index (χ3n) is 7.01. The summed E-state index contributed by atoms with van der Waals surface area (Å²) >= 11 is 0. The molecule has 0 unspecified atom stereocenters. The highest BCUT2D eigenvalue weighted by molar-refractivity contribution is 6.05. The van der Waals surface area contributed by atoms with Crippen molar-refractivity contribution in [1.82, 2.24) is 0 Å². The first-order valence-corrected chi connectivity index (χ1v) is 11.8. The summed E-state index contributed by atoms with van der Waals surface area (Å²) in [5.74, 6) is 2.52. The van der Waals surface area contributed by atoms with Gasteiger partial charge in [-0.1, -0.05) is 69.7 Å². The maximum atomic E-state index is 13.3. The Labute approximate surface area is 192 Å². The largest absolute Gasteiger partial charge is 0.497 e. The summed E-state index contributed by atoms with van der Waals surface area (Å²) in [5.41, 5.74) is 1.99. The molecule has 2 aliphatic rings. The van der Waals surface area contributed by atoms with E-state index in [0.29, 0.717) is 17.8 Å². The quantitative estimate of drug-likeness (QED) is 0.505. The van der Waals surface area contributed by atoms with E-state index >= 15 is 0 Å². The summed E-state index contributed by atoms with van der Waals surface area (Å²) < 4.78 is 11.9. The number of anilines is 1. The minimum absolute atomic E-state index is 0.0404. The Balaban J connectivity index is 1.58. The van der Waals surface area contributed by atoms with Crippen LogP contribution in [0, 0.1) is 17.8 Å². The second kappa shape index (κ2) is 9.91. The van der Waals surface area contributed by atoms with Gasteiger partial charge in [-0.15, -0.1) is 0 Å². The van der Waals surface area contributed by atoms with Crippen molar-refractivity contribution in [2.24, 2.45) is 17.8 Å². The van der Waals surface area contributed by atoms with E-state index in [1.165, 1.54) is 12.8 Å². The first kappa shape index (κ1) is 22.6. The van der Waals surface area contributed by atoms with E-state index in [1.54, 1.807) is 7.11 Å². The predicted octanol–water partition coefficient (Wildman–Crippen LogP) is 5.97. The standard InChI is InChI=1S/C28H35NO3/c1-19(2)24-16-10-20(3)18-26(24)32-27-25(17-11-21-8-6-5-7-9-21)29(28(27)30)22-12-14-23(31-4)15-13-22/h5-9,11-15,17,19-20,24-27H,10,16,18H2,1-4H3/b17-11+/t20-,24-,25-,26-,27-/m1/s1. The number of hydrogen-bond donors (Lipinski definition) is 0. The van der Waals surface area contributed by atoms with E-state index in [9.17, 15) is 4.79 Å². The van der Waals surface area contributed by atoms with Gasteiger partial charge in [0.05, 0.1) is 19.3 Å². The highest BCUT2D eigenvalue weighted by Crippen LogP contribution is 2.39. The number of benzene rings is 2. The number of ether oxygens (including phenoxy) is 2. The molecule has 0 N–H and O–H groups in total. The summed E-state index contributed by atoms with van der Waals surface area (Å²) in [6.45, 7) is 6.85. The molecule has 1 saturated heterocycles. The fourth-order valence-electron chi connectivity index (χ4n) is 5.08. The number of β-lactam (4-membered cyclic amide) rings is 1. The molecule has 0 radical (unpaired) electrons. The SMILES string of the molecule is COc1ccc(N2C(=O)[C@H](O[C@@H]3C[C@H](C)CC[C@@H]3C(C)C)[C@H]2/C=C/c2ccccc2)cc1. The first-order chi connectivity index (χ1) is 15.5. The van der Waals surface area contributed by atoms with Gasteiger partial charge in [0, 0.05) is 5.69 Å². The van der Waals surface area contributed by atoms with Crippen molar-refractivity contribution in [2.45, 2.75) is 58.3 Å². The third-order valence-corrected chi connectivity index (χ3v) is 7.01. The van der Waals surface area contributed by atoms with E-state index in [4.69, 9.17) is 9.47 Å². The molecule has 1 heterocycles. The van der Waals surface area contributed by atoms with Gasteiger partial charge < -0.3 is 9.47 Å². The Bertz CT molecular complexity index is 921. The van der Waals surface area contributed by atoms with E-state index in [-0.39, 0.29) is 18.1 Å². The van der Waals surface area contributed by atoms with E-state index in [0.717, 1.165) is 23.4 Å². The molecule has 0 spiro atoms. The van der Waals surface area contributed by atoms with Crippen LogP contribution in [-0.4, -0.2) is 31.3 Å². The average molecular weight is 434 g/mol. The molecule has 2 aromatic rings. The number of methoxy groups -OCH3 is 1. The zero-order chi connectivity index (χ0) is 22.7. The van der Waals surface area contributed by atoms with Crippen molar-refractivity contribution in [1.29, 1.82) is 0 Å². The monoisotopic (exact) mass is 433 g/mol. The van der Waals surface area contributed by atoms with Crippen LogP contribution in [0.5, 0.6) is 5.75 Å². The second-order valence-corrected chi connectivity index (χ2v) is 9.59. The number of nitrogens with zero attached hydrogens (tertiary/aromatic N) is 1. The summed E-state index contributed by atoms with van der Waals surface area (Å²) in [5, 5.41) is 0. The number of rotatable bonds is 7. The molecule has 0 bridgehead atoms.